The number of ether oxygens (including phenoxy) is 1. The first kappa shape index (κ1) is 14.1. The SMILES string of the molecule is C=Cc1cc(C(=O)NC(C)C(=O)OC)nc(Cl)n1. The second kappa shape index (κ2) is 6.11. The summed E-state index contributed by atoms with van der Waals surface area (Å²) in [4.78, 5) is 30.5. The average molecular weight is 270 g/mol. The van der Waals surface area contributed by atoms with Crippen LogP contribution < -0.4 is 5.32 Å². The van der Waals surface area contributed by atoms with Gasteiger partial charge in [0.1, 0.15) is 11.7 Å². The maximum Gasteiger partial charge on any atom is 0.328 e. The van der Waals surface area contributed by atoms with E-state index >= 15 is 0 Å². The number of methoxy groups -OCH3 is 1. The first-order valence-corrected chi connectivity index (χ1v) is 5.41. The van der Waals surface area contributed by atoms with E-state index in [-0.39, 0.29) is 11.0 Å². The lowest BCUT2D eigenvalue weighted by molar-refractivity contribution is -0.142. The van der Waals surface area contributed by atoms with E-state index in [9.17, 15) is 9.59 Å². The van der Waals surface area contributed by atoms with Crippen LogP contribution in [0.4, 0.5) is 0 Å². The van der Waals surface area contributed by atoms with Gasteiger partial charge in [0.05, 0.1) is 12.8 Å². The number of carbonyl (C=O) groups excluding carboxylic acids is 2. The Hall–Kier alpha value is -1.95. The third-order valence-corrected chi connectivity index (χ3v) is 2.23. The van der Waals surface area contributed by atoms with E-state index < -0.39 is 17.9 Å². The second-order valence-corrected chi connectivity index (χ2v) is 3.71. The van der Waals surface area contributed by atoms with E-state index in [1.165, 1.54) is 26.2 Å². The standard InChI is InChI=1S/C11H12ClN3O3/c1-4-7-5-8(15-11(12)14-7)9(16)13-6(2)10(17)18-3/h4-6H,1H2,2-3H3,(H,13,16). The fraction of sp³-hybridized carbons (Fsp3) is 0.273. The van der Waals surface area contributed by atoms with Crippen molar-refractivity contribution in [2.45, 2.75) is 13.0 Å². The molecule has 0 aliphatic heterocycles. The predicted octanol–water partition coefficient (Wildman–Crippen LogP) is 1.06. The van der Waals surface area contributed by atoms with Crippen LogP contribution in [0.3, 0.4) is 0 Å². The van der Waals surface area contributed by atoms with Crippen LogP contribution in [0.1, 0.15) is 23.1 Å². The van der Waals surface area contributed by atoms with Crippen molar-refractivity contribution >= 4 is 29.6 Å². The molecule has 18 heavy (non-hydrogen) atoms. The summed E-state index contributed by atoms with van der Waals surface area (Å²) < 4.78 is 4.49. The van der Waals surface area contributed by atoms with Crippen LogP contribution in [0.5, 0.6) is 0 Å². The lowest BCUT2D eigenvalue weighted by atomic mass is 10.2. The molecule has 0 spiro atoms. The third kappa shape index (κ3) is 3.53. The maximum absolute atomic E-state index is 11.8. The molecule has 0 radical (unpaired) electrons. The van der Waals surface area contributed by atoms with Gasteiger partial charge < -0.3 is 10.1 Å². The van der Waals surface area contributed by atoms with Crippen LogP contribution in [0.2, 0.25) is 5.28 Å². The quantitative estimate of drug-likeness (QED) is 0.653. The van der Waals surface area contributed by atoms with Gasteiger partial charge >= 0.3 is 5.97 Å². The number of halogens is 1. The average Bonchev–Trinajstić information content (AvgIpc) is 2.36. The van der Waals surface area contributed by atoms with E-state index in [4.69, 9.17) is 11.6 Å². The number of rotatable bonds is 4. The van der Waals surface area contributed by atoms with Crippen LogP contribution in [-0.2, 0) is 9.53 Å². The molecule has 0 saturated heterocycles. The molecule has 0 saturated carbocycles. The summed E-state index contributed by atoms with van der Waals surface area (Å²) >= 11 is 5.66. The minimum Gasteiger partial charge on any atom is -0.467 e. The molecule has 0 fully saturated rings. The molecule has 0 aromatic carbocycles. The van der Waals surface area contributed by atoms with Crippen LogP contribution >= 0.6 is 11.6 Å². The Labute approximate surface area is 109 Å². The van der Waals surface area contributed by atoms with Gasteiger partial charge in [-0.25, -0.2) is 14.8 Å². The number of nitrogens with one attached hydrogen (secondary N) is 1. The Morgan fingerprint density at radius 1 is 1.56 bits per heavy atom. The zero-order valence-corrected chi connectivity index (χ0v) is 10.7. The smallest absolute Gasteiger partial charge is 0.328 e. The number of nitrogens with zero attached hydrogens (tertiary/aromatic N) is 2. The molecule has 1 atom stereocenters. The monoisotopic (exact) mass is 269 g/mol. The van der Waals surface area contributed by atoms with Crippen molar-refractivity contribution in [1.29, 1.82) is 0 Å². The number of hydrogen-bond donors (Lipinski definition) is 1. The van der Waals surface area contributed by atoms with Crippen molar-refractivity contribution < 1.29 is 14.3 Å². The summed E-state index contributed by atoms with van der Waals surface area (Å²) in [5, 5.41) is 2.36. The minimum atomic E-state index is -0.775. The molecule has 1 heterocycles. The fourth-order valence-electron chi connectivity index (χ4n) is 1.16. The van der Waals surface area contributed by atoms with E-state index in [1.54, 1.807) is 0 Å². The summed E-state index contributed by atoms with van der Waals surface area (Å²) in [7, 11) is 1.24. The van der Waals surface area contributed by atoms with Crippen molar-refractivity contribution in [3.63, 3.8) is 0 Å². The zero-order valence-electron chi connectivity index (χ0n) is 9.94. The highest BCUT2D eigenvalue weighted by Gasteiger charge is 2.18. The van der Waals surface area contributed by atoms with E-state index in [1.807, 2.05) is 0 Å². The minimum absolute atomic E-state index is 0.0562. The van der Waals surface area contributed by atoms with Gasteiger partial charge in [-0.2, -0.15) is 0 Å². The van der Waals surface area contributed by atoms with Crippen LogP contribution in [-0.4, -0.2) is 35.0 Å². The zero-order chi connectivity index (χ0) is 13.7. The van der Waals surface area contributed by atoms with Gasteiger partial charge in [0.25, 0.3) is 5.91 Å². The number of aromatic nitrogens is 2. The molecule has 1 amide bonds. The van der Waals surface area contributed by atoms with Crippen molar-refractivity contribution in [2.24, 2.45) is 0 Å². The van der Waals surface area contributed by atoms with Gasteiger partial charge in [0.15, 0.2) is 0 Å². The summed E-state index contributed by atoms with van der Waals surface area (Å²) in [6, 6.07) is 0.640. The number of hydrogen-bond acceptors (Lipinski definition) is 5. The Morgan fingerprint density at radius 2 is 2.22 bits per heavy atom. The molecule has 1 aromatic rings. The Balaban J connectivity index is 2.87. The number of amides is 1. The molecule has 0 aliphatic carbocycles. The molecule has 1 unspecified atom stereocenters. The number of carbonyl (C=O) groups is 2. The van der Waals surface area contributed by atoms with E-state index in [0.29, 0.717) is 5.69 Å². The summed E-state index contributed by atoms with van der Waals surface area (Å²) in [5.41, 5.74) is 0.478. The van der Waals surface area contributed by atoms with Gasteiger partial charge in [-0.15, -0.1) is 0 Å². The van der Waals surface area contributed by atoms with Crippen LogP contribution in [0, 0.1) is 0 Å². The van der Waals surface area contributed by atoms with Gasteiger partial charge in [-0.1, -0.05) is 6.58 Å². The highest BCUT2D eigenvalue weighted by molar-refractivity contribution is 6.28. The second-order valence-electron chi connectivity index (χ2n) is 3.37. The number of esters is 1. The Kier molecular flexibility index (Phi) is 4.79. The highest BCUT2D eigenvalue weighted by Crippen LogP contribution is 2.07. The van der Waals surface area contributed by atoms with Gasteiger partial charge in [-0.3, -0.25) is 4.79 Å². The molecular weight excluding hydrogens is 258 g/mol. The summed E-state index contributed by atoms with van der Waals surface area (Å²) in [5.74, 6) is -1.09. The molecule has 1 rings (SSSR count). The first-order chi connectivity index (χ1) is 8.47. The first-order valence-electron chi connectivity index (χ1n) is 5.03. The lowest BCUT2D eigenvalue weighted by Gasteiger charge is -2.11. The Morgan fingerprint density at radius 3 is 2.78 bits per heavy atom. The molecule has 96 valence electrons. The van der Waals surface area contributed by atoms with Gasteiger partial charge in [0.2, 0.25) is 5.28 Å². The largest absolute Gasteiger partial charge is 0.467 e. The maximum atomic E-state index is 11.8. The molecule has 7 heteroatoms. The summed E-state index contributed by atoms with van der Waals surface area (Å²) in [6.07, 6.45) is 1.44. The molecular formula is C11H12ClN3O3. The Bertz CT molecular complexity index is 490. The van der Waals surface area contributed by atoms with Crippen LogP contribution in [0.25, 0.3) is 6.08 Å². The lowest BCUT2D eigenvalue weighted by Crippen LogP contribution is -2.39. The van der Waals surface area contributed by atoms with Crippen molar-refractivity contribution in [3.8, 4) is 0 Å². The van der Waals surface area contributed by atoms with Crippen LogP contribution in [0.15, 0.2) is 12.6 Å². The van der Waals surface area contributed by atoms with E-state index in [0.717, 1.165) is 0 Å². The van der Waals surface area contributed by atoms with E-state index in [2.05, 4.69) is 26.6 Å². The molecule has 0 bridgehead atoms. The molecule has 1 aromatic heterocycles. The molecule has 0 aliphatic rings. The van der Waals surface area contributed by atoms with Crippen molar-refractivity contribution in [3.05, 3.63) is 29.3 Å². The predicted molar refractivity (Wildman–Crippen MR) is 66.1 cm³/mol. The van der Waals surface area contributed by atoms with Gasteiger partial charge in [-0.05, 0) is 30.7 Å². The third-order valence-electron chi connectivity index (χ3n) is 2.06. The molecule has 1 N–H and O–H groups in total. The van der Waals surface area contributed by atoms with Crippen molar-refractivity contribution in [2.75, 3.05) is 7.11 Å². The molecule has 6 nitrogen and oxygen atoms in total. The highest BCUT2D eigenvalue weighted by atomic mass is 35.5. The fourth-order valence-corrected chi connectivity index (χ4v) is 1.35. The summed E-state index contributed by atoms with van der Waals surface area (Å²) in [6.45, 7) is 5.02. The normalized spacial score (nSPS) is 11.5. The van der Waals surface area contributed by atoms with Crippen molar-refractivity contribution in [1.82, 2.24) is 15.3 Å². The topological polar surface area (TPSA) is 81.2 Å². The van der Waals surface area contributed by atoms with Gasteiger partial charge in [0, 0.05) is 0 Å².